The Kier molecular flexibility index (Phi) is 5.55. The molecular weight excluding hydrogens is 397 g/mol. The Hall–Kier alpha value is -3.56. The first-order valence-electron chi connectivity index (χ1n) is 9.34. The maximum atomic E-state index is 13.1. The number of hydrogen-bond acceptors (Lipinski definition) is 4. The number of esters is 1. The summed E-state index contributed by atoms with van der Waals surface area (Å²) in [4.78, 5) is 25.4. The Morgan fingerprint density at radius 1 is 0.867 bits per heavy atom. The van der Waals surface area contributed by atoms with E-state index in [4.69, 9.17) is 4.74 Å². The fourth-order valence-electron chi connectivity index (χ4n) is 3.56. The third-order valence-electron chi connectivity index (χ3n) is 5.02. The van der Waals surface area contributed by atoms with Gasteiger partial charge in [-0.2, -0.15) is 0 Å². The molecule has 1 amide bonds. The molecule has 0 radical (unpaired) electrons. The number of carbonyl (C=O) groups excluding carboxylic acids is 2. The van der Waals surface area contributed by atoms with Gasteiger partial charge in [-0.1, -0.05) is 66.7 Å². The van der Waals surface area contributed by atoms with E-state index in [2.05, 4.69) is 5.32 Å². The van der Waals surface area contributed by atoms with E-state index in [0.29, 0.717) is 11.3 Å². The molecule has 1 unspecified atom stereocenters. The second-order valence-electron chi connectivity index (χ2n) is 6.80. The van der Waals surface area contributed by atoms with Crippen LogP contribution in [0.1, 0.15) is 21.6 Å². The number of benzene rings is 4. The topological polar surface area (TPSA) is 72.5 Å². The second kappa shape index (κ2) is 8.44. The Morgan fingerprint density at radius 3 is 2.20 bits per heavy atom. The maximum Gasteiger partial charge on any atom is 0.339 e. The number of methoxy groups -OCH3 is 1. The zero-order valence-electron chi connectivity index (χ0n) is 16.2. The summed E-state index contributed by atoms with van der Waals surface area (Å²) in [5.41, 5.74) is 0.291. The van der Waals surface area contributed by atoms with Gasteiger partial charge in [0.2, 0.25) is 5.91 Å². The highest BCUT2D eigenvalue weighted by Gasteiger charge is 2.25. The van der Waals surface area contributed by atoms with Crippen LogP contribution in [0.4, 0.5) is 5.69 Å². The molecule has 0 spiro atoms. The van der Waals surface area contributed by atoms with Crippen molar-refractivity contribution in [1.82, 2.24) is 0 Å². The van der Waals surface area contributed by atoms with Crippen molar-refractivity contribution < 1.29 is 18.9 Å². The van der Waals surface area contributed by atoms with Gasteiger partial charge in [0.15, 0.2) is 8.46 Å². The number of amides is 1. The van der Waals surface area contributed by atoms with Crippen LogP contribution in [-0.2, 0) is 14.1 Å². The largest absolute Gasteiger partial charge is 0.465 e. The molecule has 6 heteroatoms. The van der Waals surface area contributed by atoms with E-state index in [1.807, 2.05) is 60.7 Å². The Balaban J connectivity index is 1.76. The van der Waals surface area contributed by atoms with Crippen LogP contribution in [0.15, 0.2) is 78.9 Å². The summed E-state index contributed by atoms with van der Waals surface area (Å²) < 4.78 is 16.9. The highest BCUT2D eigenvalue weighted by Crippen LogP contribution is 2.34. The third kappa shape index (κ3) is 3.68. The van der Waals surface area contributed by atoms with Crippen LogP contribution in [0.2, 0.25) is 0 Å². The molecule has 148 valence electrons. The van der Waals surface area contributed by atoms with Gasteiger partial charge >= 0.3 is 5.97 Å². The van der Waals surface area contributed by atoms with E-state index in [1.54, 1.807) is 18.2 Å². The van der Waals surface area contributed by atoms with E-state index >= 15 is 0 Å². The molecule has 4 aromatic rings. The van der Waals surface area contributed by atoms with Crippen LogP contribution in [0.5, 0.6) is 0 Å². The fraction of sp³-hybridized carbons (Fsp3) is 0.0833. The number of anilines is 1. The van der Waals surface area contributed by atoms with Crippen molar-refractivity contribution in [1.29, 1.82) is 0 Å². The van der Waals surface area contributed by atoms with E-state index in [-0.39, 0.29) is 14.0 Å². The summed E-state index contributed by atoms with van der Waals surface area (Å²) in [5.74, 6) is -1.03. The summed E-state index contributed by atoms with van der Waals surface area (Å²) in [6.45, 7) is 0. The number of fused-ring (bicyclic) bond motifs is 2. The predicted octanol–water partition coefficient (Wildman–Crippen LogP) is 5.75. The molecule has 0 saturated carbocycles. The van der Waals surface area contributed by atoms with Crippen LogP contribution in [0.25, 0.3) is 21.5 Å². The van der Waals surface area contributed by atoms with Gasteiger partial charge < -0.3 is 10.1 Å². The maximum absolute atomic E-state index is 13.1. The van der Waals surface area contributed by atoms with Crippen LogP contribution < -0.4 is 5.32 Å². The second-order valence-corrected chi connectivity index (χ2v) is 7.53. The van der Waals surface area contributed by atoms with Crippen molar-refractivity contribution in [2.45, 2.75) is 5.66 Å². The summed E-state index contributed by atoms with van der Waals surface area (Å²) >= 11 is 0. The predicted molar refractivity (Wildman–Crippen MR) is 118 cm³/mol. The molecule has 4 aromatic carbocycles. The minimum absolute atomic E-state index is 0.240. The Labute approximate surface area is 174 Å². The fourth-order valence-corrected chi connectivity index (χ4v) is 4.06. The van der Waals surface area contributed by atoms with Crippen LogP contribution in [0.3, 0.4) is 0 Å². The lowest BCUT2D eigenvalue weighted by Gasteiger charge is -2.16. The quantitative estimate of drug-likeness (QED) is 0.333. The van der Waals surface area contributed by atoms with Gasteiger partial charge in [-0.3, -0.25) is 9.36 Å². The van der Waals surface area contributed by atoms with Crippen molar-refractivity contribution >= 4 is 47.6 Å². The molecule has 1 N–H and O–H groups in total. The van der Waals surface area contributed by atoms with Gasteiger partial charge in [-0.15, -0.1) is 0 Å². The molecule has 0 aliphatic heterocycles. The summed E-state index contributed by atoms with van der Waals surface area (Å²) in [5, 5.41) is 6.31. The molecule has 0 bridgehead atoms. The summed E-state index contributed by atoms with van der Waals surface area (Å²) in [6, 6.07) is 24.1. The van der Waals surface area contributed by atoms with Gasteiger partial charge in [0, 0.05) is 0 Å². The number of nitrogens with one attached hydrogen (secondary N) is 1. The number of ether oxygens (including phenoxy) is 1. The Morgan fingerprint density at radius 2 is 1.50 bits per heavy atom. The van der Waals surface area contributed by atoms with Crippen molar-refractivity contribution in [3.63, 3.8) is 0 Å². The van der Waals surface area contributed by atoms with Crippen LogP contribution in [0, 0.1) is 0 Å². The van der Waals surface area contributed by atoms with Gasteiger partial charge in [0.1, 0.15) is 5.66 Å². The minimum Gasteiger partial charge on any atom is -0.465 e. The average molecular weight is 415 g/mol. The third-order valence-corrected chi connectivity index (χ3v) is 5.74. The van der Waals surface area contributed by atoms with Gasteiger partial charge in [0.25, 0.3) is 0 Å². The molecule has 30 heavy (non-hydrogen) atoms. The number of carbonyl (C=O) groups is 2. The lowest BCUT2D eigenvalue weighted by Crippen LogP contribution is -2.20. The average Bonchev–Trinajstić information content (AvgIpc) is 2.78. The SMILES string of the molecule is COC(=O)c1cc2ccccc2cc1NC(=O)C(P=O)c1cccc2ccccc12. The molecule has 0 heterocycles. The van der Waals surface area contributed by atoms with Crippen LogP contribution >= 0.6 is 8.46 Å². The first-order valence-corrected chi connectivity index (χ1v) is 10.2. The lowest BCUT2D eigenvalue weighted by atomic mass is 10.0. The molecule has 0 aliphatic rings. The summed E-state index contributed by atoms with van der Waals surface area (Å²) in [7, 11) is 0.953. The standard InChI is InChI=1S/C24H18NO4P/c1-29-24(27)20-13-16-8-2-3-9-17(16)14-21(20)25-23(26)22(30-28)19-12-6-10-15-7-4-5-11-18(15)19/h2-14,22H,1H3,(H,25,26). The minimum atomic E-state index is -0.923. The monoisotopic (exact) mass is 415 g/mol. The van der Waals surface area contributed by atoms with Crippen molar-refractivity contribution in [3.8, 4) is 0 Å². The highest BCUT2D eigenvalue weighted by molar-refractivity contribution is 7.26. The summed E-state index contributed by atoms with van der Waals surface area (Å²) in [6.07, 6.45) is 0. The molecule has 0 aliphatic carbocycles. The van der Waals surface area contributed by atoms with E-state index < -0.39 is 17.5 Å². The zero-order chi connectivity index (χ0) is 21.1. The lowest BCUT2D eigenvalue weighted by molar-refractivity contribution is -0.115. The van der Waals surface area contributed by atoms with Crippen LogP contribution in [-0.4, -0.2) is 19.0 Å². The van der Waals surface area contributed by atoms with E-state index in [9.17, 15) is 14.2 Å². The zero-order valence-corrected chi connectivity index (χ0v) is 17.1. The molecular formula is C24H18NO4P. The van der Waals surface area contributed by atoms with Gasteiger partial charge in [0.05, 0.1) is 18.4 Å². The van der Waals surface area contributed by atoms with E-state index in [1.165, 1.54) is 7.11 Å². The highest BCUT2D eigenvalue weighted by atomic mass is 31.1. The van der Waals surface area contributed by atoms with Crippen molar-refractivity contribution in [2.24, 2.45) is 0 Å². The Bertz CT molecular complexity index is 1280. The molecule has 0 aromatic heterocycles. The van der Waals surface area contributed by atoms with Gasteiger partial charge in [-0.05, 0) is 39.2 Å². The van der Waals surface area contributed by atoms with Crippen molar-refractivity contribution in [3.05, 3.63) is 90.0 Å². The number of hydrogen-bond donors (Lipinski definition) is 1. The molecule has 1 atom stereocenters. The van der Waals surface area contributed by atoms with Gasteiger partial charge in [-0.25, -0.2) is 4.79 Å². The molecule has 5 nitrogen and oxygen atoms in total. The molecule has 4 rings (SSSR count). The first-order chi connectivity index (χ1) is 14.6. The first kappa shape index (κ1) is 19.7. The molecule has 0 saturated heterocycles. The number of rotatable bonds is 5. The van der Waals surface area contributed by atoms with E-state index in [0.717, 1.165) is 21.5 Å². The molecule has 0 fully saturated rings. The normalized spacial score (nSPS) is 12.0. The smallest absolute Gasteiger partial charge is 0.339 e. The van der Waals surface area contributed by atoms with Crippen molar-refractivity contribution in [2.75, 3.05) is 12.4 Å².